The van der Waals surface area contributed by atoms with Crippen molar-refractivity contribution in [2.75, 3.05) is 17.9 Å². The lowest BCUT2D eigenvalue weighted by atomic mass is 10.0. The quantitative estimate of drug-likeness (QED) is 0.204. The number of nitrogens with one attached hydrogen (secondary N) is 1. The molecular formula is C32H31Br2N3O4S. The molecule has 42 heavy (non-hydrogen) atoms. The summed E-state index contributed by atoms with van der Waals surface area (Å²) < 4.78 is 30.7. The molecule has 1 N–H and O–H groups in total. The molecule has 10 heteroatoms. The maximum absolute atomic E-state index is 14.3. The lowest BCUT2D eigenvalue weighted by Crippen LogP contribution is -2.53. The van der Waals surface area contributed by atoms with Crippen LogP contribution in [0.5, 0.6) is 0 Å². The number of halogens is 2. The number of carbonyl (C=O) groups is 2. The molecule has 0 saturated heterocycles. The van der Waals surface area contributed by atoms with Crippen molar-refractivity contribution < 1.29 is 18.0 Å². The highest BCUT2D eigenvalue weighted by Gasteiger charge is 2.34. The fourth-order valence-electron chi connectivity index (χ4n) is 4.48. The van der Waals surface area contributed by atoms with E-state index in [-0.39, 0.29) is 23.8 Å². The molecule has 4 aromatic rings. The van der Waals surface area contributed by atoms with Gasteiger partial charge in [0.15, 0.2) is 0 Å². The largest absolute Gasteiger partial charge is 0.357 e. The minimum Gasteiger partial charge on any atom is -0.357 e. The summed E-state index contributed by atoms with van der Waals surface area (Å²) in [6.07, 6.45) is 0.256. The Kier molecular flexibility index (Phi) is 10.6. The minimum absolute atomic E-state index is 0.0652. The molecule has 0 aliphatic rings. The first-order valence-electron chi connectivity index (χ1n) is 13.2. The molecule has 0 bridgehead atoms. The number of likely N-dealkylation sites (N-methyl/N-ethyl adjacent to an activating group) is 1. The maximum atomic E-state index is 14.3. The van der Waals surface area contributed by atoms with E-state index in [1.54, 1.807) is 36.4 Å². The lowest BCUT2D eigenvalue weighted by molar-refractivity contribution is -0.139. The average Bonchev–Trinajstić information content (AvgIpc) is 2.99. The van der Waals surface area contributed by atoms with Crippen molar-refractivity contribution in [3.8, 4) is 0 Å². The molecule has 0 aromatic heterocycles. The van der Waals surface area contributed by atoms with E-state index >= 15 is 0 Å². The number of carbonyl (C=O) groups excluding carboxylic acids is 2. The minimum atomic E-state index is -4.14. The molecule has 2 amide bonds. The normalized spacial score (nSPS) is 11.9. The van der Waals surface area contributed by atoms with Crippen molar-refractivity contribution in [3.63, 3.8) is 0 Å². The highest BCUT2D eigenvalue weighted by atomic mass is 79.9. The van der Waals surface area contributed by atoms with Crippen LogP contribution in [0.25, 0.3) is 0 Å². The van der Waals surface area contributed by atoms with Crippen LogP contribution in [0.4, 0.5) is 5.69 Å². The second kappa shape index (κ2) is 14.1. The summed E-state index contributed by atoms with van der Waals surface area (Å²) >= 11 is 6.84. The molecule has 0 aliphatic heterocycles. The number of hydrogen-bond acceptors (Lipinski definition) is 4. The molecule has 0 heterocycles. The summed E-state index contributed by atoms with van der Waals surface area (Å²) in [5, 5.41) is 2.69. The lowest BCUT2D eigenvalue weighted by Gasteiger charge is -2.33. The summed E-state index contributed by atoms with van der Waals surface area (Å²) in [6.45, 7) is 1.48. The Hall–Kier alpha value is -3.47. The zero-order valence-electron chi connectivity index (χ0n) is 23.2. The fraction of sp³-hybridized carbons (Fsp3) is 0.188. The molecule has 7 nitrogen and oxygen atoms in total. The van der Waals surface area contributed by atoms with Crippen LogP contribution in [-0.4, -0.2) is 44.8 Å². The molecule has 0 saturated carbocycles. The summed E-state index contributed by atoms with van der Waals surface area (Å²) in [5.41, 5.74) is 2.91. The Morgan fingerprint density at radius 3 is 1.93 bits per heavy atom. The van der Waals surface area contributed by atoms with Crippen LogP contribution >= 0.6 is 31.9 Å². The number of sulfonamides is 1. The summed E-state index contributed by atoms with van der Waals surface area (Å²) in [7, 11) is -2.61. The van der Waals surface area contributed by atoms with Gasteiger partial charge in [0.1, 0.15) is 12.6 Å². The van der Waals surface area contributed by atoms with E-state index in [1.807, 2.05) is 61.5 Å². The molecule has 0 aliphatic carbocycles. The van der Waals surface area contributed by atoms with Gasteiger partial charge in [0.2, 0.25) is 11.8 Å². The van der Waals surface area contributed by atoms with Crippen LogP contribution in [-0.2, 0) is 32.6 Å². The van der Waals surface area contributed by atoms with Gasteiger partial charge in [-0.15, -0.1) is 0 Å². The van der Waals surface area contributed by atoms with Crippen molar-refractivity contribution in [1.29, 1.82) is 0 Å². The van der Waals surface area contributed by atoms with Crippen LogP contribution in [0.1, 0.15) is 16.7 Å². The second-order valence-electron chi connectivity index (χ2n) is 9.77. The molecular weight excluding hydrogens is 682 g/mol. The molecule has 4 rings (SSSR count). The van der Waals surface area contributed by atoms with Gasteiger partial charge in [-0.1, -0.05) is 92.0 Å². The zero-order chi connectivity index (χ0) is 30.3. The van der Waals surface area contributed by atoms with Gasteiger partial charge in [0.25, 0.3) is 10.0 Å². The Balaban J connectivity index is 1.77. The van der Waals surface area contributed by atoms with E-state index in [4.69, 9.17) is 0 Å². The Morgan fingerprint density at radius 1 is 0.786 bits per heavy atom. The predicted molar refractivity (Wildman–Crippen MR) is 173 cm³/mol. The number of anilines is 1. The summed E-state index contributed by atoms with van der Waals surface area (Å²) in [6, 6.07) is 29.2. The van der Waals surface area contributed by atoms with Crippen molar-refractivity contribution in [2.24, 2.45) is 0 Å². The molecule has 0 fully saturated rings. The van der Waals surface area contributed by atoms with E-state index in [2.05, 4.69) is 37.2 Å². The van der Waals surface area contributed by atoms with Crippen LogP contribution in [0, 0.1) is 6.92 Å². The van der Waals surface area contributed by atoms with Crippen molar-refractivity contribution in [1.82, 2.24) is 10.2 Å². The van der Waals surface area contributed by atoms with E-state index in [1.165, 1.54) is 24.1 Å². The van der Waals surface area contributed by atoms with E-state index in [9.17, 15) is 18.0 Å². The number of amides is 2. The van der Waals surface area contributed by atoms with Gasteiger partial charge >= 0.3 is 0 Å². The average molecular weight is 713 g/mol. The van der Waals surface area contributed by atoms with E-state index < -0.39 is 28.5 Å². The highest BCUT2D eigenvalue weighted by Crippen LogP contribution is 2.27. The Bertz CT molecular complexity index is 1610. The Labute approximate surface area is 263 Å². The van der Waals surface area contributed by atoms with E-state index in [0.29, 0.717) is 5.69 Å². The van der Waals surface area contributed by atoms with Gasteiger partial charge in [-0.25, -0.2) is 8.42 Å². The Morgan fingerprint density at radius 2 is 1.36 bits per heavy atom. The first-order chi connectivity index (χ1) is 20.1. The third kappa shape index (κ3) is 7.87. The standard InChI is InChI=1S/C32H31Br2N3O4S/c1-23-8-18-29(19-9-23)42(40,41)37(28-16-14-27(34)15-17-28)22-31(38)36(21-25-10-12-26(33)13-11-25)30(32(39)35-2)20-24-6-4-3-5-7-24/h3-19,30H,20-22H2,1-2H3,(H,35,39)/t30-/m1/s1. The third-order valence-electron chi connectivity index (χ3n) is 6.79. The number of nitrogens with zero attached hydrogens (tertiary/aromatic N) is 2. The number of benzene rings is 4. The number of hydrogen-bond donors (Lipinski definition) is 1. The van der Waals surface area contributed by atoms with Gasteiger partial charge < -0.3 is 10.2 Å². The first-order valence-corrected chi connectivity index (χ1v) is 16.3. The van der Waals surface area contributed by atoms with Gasteiger partial charge in [0.05, 0.1) is 10.6 Å². The number of rotatable bonds is 11. The molecule has 218 valence electrons. The van der Waals surface area contributed by atoms with Gasteiger partial charge in [-0.3, -0.25) is 13.9 Å². The van der Waals surface area contributed by atoms with Crippen LogP contribution in [0.3, 0.4) is 0 Å². The number of aryl methyl sites for hydroxylation is 1. The van der Waals surface area contributed by atoms with E-state index in [0.717, 1.165) is 29.9 Å². The predicted octanol–water partition coefficient (Wildman–Crippen LogP) is 6.10. The summed E-state index contributed by atoms with van der Waals surface area (Å²) in [5.74, 6) is -0.859. The SMILES string of the molecule is CNC(=O)[C@@H](Cc1ccccc1)N(Cc1ccc(Br)cc1)C(=O)CN(c1ccc(Br)cc1)S(=O)(=O)c1ccc(C)cc1. The van der Waals surface area contributed by atoms with Gasteiger partial charge in [0, 0.05) is 29.0 Å². The summed E-state index contributed by atoms with van der Waals surface area (Å²) in [4.78, 5) is 29.1. The molecule has 0 spiro atoms. The van der Waals surface area contributed by atoms with Crippen molar-refractivity contribution in [3.05, 3.63) is 129 Å². The molecule has 0 unspecified atom stereocenters. The topological polar surface area (TPSA) is 86.8 Å². The molecule has 4 aromatic carbocycles. The molecule has 1 atom stereocenters. The van der Waals surface area contributed by atoms with Crippen LogP contribution in [0.15, 0.2) is 117 Å². The van der Waals surface area contributed by atoms with Gasteiger partial charge in [-0.05, 0) is 66.6 Å². The zero-order valence-corrected chi connectivity index (χ0v) is 27.2. The van der Waals surface area contributed by atoms with Crippen molar-refractivity contribution in [2.45, 2.75) is 30.8 Å². The monoisotopic (exact) mass is 711 g/mol. The van der Waals surface area contributed by atoms with Crippen LogP contribution in [0.2, 0.25) is 0 Å². The van der Waals surface area contributed by atoms with Crippen LogP contribution < -0.4 is 9.62 Å². The molecule has 0 radical (unpaired) electrons. The fourth-order valence-corrected chi connectivity index (χ4v) is 6.42. The highest BCUT2D eigenvalue weighted by molar-refractivity contribution is 9.10. The maximum Gasteiger partial charge on any atom is 0.264 e. The second-order valence-corrected chi connectivity index (χ2v) is 13.5. The van der Waals surface area contributed by atoms with Gasteiger partial charge in [-0.2, -0.15) is 0 Å². The first kappa shape index (κ1) is 31.5. The third-order valence-corrected chi connectivity index (χ3v) is 9.63. The smallest absolute Gasteiger partial charge is 0.264 e. The van der Waals surface area contributed by atoms with Crippen molar-refractivity contribution >= 4 is 59.4 Å².